The lowest BCUT2D eigenvalue weighted by molar-refractivity contribution is -0.130. The standard InChI is InChI=1S/C23H38N4O6S/c1-15(2)14-17(25-22(30)33-23(4,5)6)20(29)26-27-16(3)10-9-11-18(28)21(27)34(31,32)19-12-7-8-13-24-19/h7-8,12-13,15-18,21,28H,9-11,14H2,1-6H3,(H,25,30)(H,26,29)/t16-,17+,18+,21?/m1/s1. The zero-order valence-corrected chi connectivity index (χ0v) is 21.6. The molecule has 2 amide bonds. The van der Waals surface area contributed by atoms with E-state index in [1.807, 2.05) is 13.8 Å². The highest BCUT2D eigenvalue weighted by Gasteiger charge is 2.44. The molecule has 192 valence electrons. The van der Waals surface area contributed by atoms with Gasteiger partial charge in [-0.2, -0.15) is 5.01 Å². The number of amides is 2. The summed E-state index contributed by atoms with van der Waals surface area (Å²) in [5.41, 5.74) is 1.95. The molecular weight excluding hydrogens is 460 g/mol. The molecule has 0 aromatic carbocycles. The van der Waals surface area contributed by atoms with Crippen molar-refractivity contribution < 1.29 is 27.9 Å². The summed E-state index contributed by atoms with van der Waals surface area (Å²) >= 11 is 0. The van der Waals surface area contributed by atoms with Gasteiger partial charge in [-0.25, -0.2) is 18.2 Å². The monoisotopic (exact) mass is 498 g/mol. The molecule has 1 aliphatic rings. The van der Waals surface area contributed by atoms with Gasteiger partial charge in [-0.3, -0.25) is 10.2 Å². The number of nitrogens with one attached hydrogen (secondary N) is 2. The number of pyridine rings is 1. The van der Waals surface area contributed by atoms with Gasteiger partial charge in [0.2, 0.25) is 9.84 Å². The number of ether oxygens (including phenoxy) is 1. The number of carbonyl (C=O) groups is 2. The number of carbonyl (C=O) groups excluding carboxylic acids is 2. The second-order valence-electron chi connectivity index (χ2n) is 10.2. The van der Waals surface area contributed by atoms with E-state index in [9.17, 15) is 23.1 Å². The molecule has 1 saturated heterocycles. The minimum atomic E-state index is -4.12. The summed E-state index contributed by atoms with van der Waals surface area (Å²) in [6.45, 7) is 10.8. The van der Waals surface area contributed by atoms with Crippen LogP contribution in [0.3, 0.4) is 0 Å². The van der Waals surface area contributed by atoms with E-state index in [1.165, 1.54) is 17.3 Å². The van der Waals surface area contributed by atoms with E-state index in [0.29, 0.717) is 19.3 Å². The number of aliphatic hydroxyl groups is 1. The molecule has 0 aliphatic carbocycles. The number of aliphatic hydroxyl groups excluding tert-OH is 1. The summed E-state index contributed by atoms with van der Waals surface area (Å²) in [5, 5.41) is 13.1. The number of alkyl carbamates (subject to hydrolysis) is 1. The van der Waals surface area contributed by atoms with Crippen molar-refractivity contribution in [3.8, 4) is 0 Å². The van der Waals surface area contributed by atoms with Crippen LogP contribution in [-0.4, -0.2) is 64.7 Å². The third-order valence-corrected chi connectivity index (χ3v) is 7.40. The number of hydrogen-bond donors (Lipinski definition) is 3. The molecule has 1 unspecified atom stereocenters. The lowest BCUT2D eigenvalue weighted by Gasteiger charge is -2.36. The van der Waals surface area contributed by atoms with Crippen molar-refractivity contribution in [1.29, 1.82) is 0 Å². The van der Waals surface area contributed by atoms with Crippen LogP contribution in [0, 0.1) is 5.92 Å². The van der Waals surface area contributed by atoms with E-state index in [4.69, 9.17) is 4.74 Å². The first-order chi connectivity index (χ1) is 15.7. The maximum absolute atomic E-state index is 13.5. The largest absolute Gasteiger partial charge is 0.444 e. The molecule has 11 heteroatoms. The average molecular weight is 499 g/mol. The van der Waals surface area contributed by atoms with Crippen LogP contribution >= 0.6 is 0 Å². The lowest BCUT2D eigenvalue weighted by atomic mass is 10.0. The molecule has 2 heterocycles. The van der Waals surface area contributed by atoms with Crippen molar-refractivity contribution in [2.45, 2.75) is 101 Å². The van der Waals surface area contributed by atoms with Crippen LogP contribution in [0.15, 0.2) is 29.4 Å². The lowest BCUT2D eigenvalue weighted by Crippen LogP contribution is -2.62. The van der Waals surface area contributed by atoms with Crippen molar-refractivity contribution >= 4 is 21.8 Å². The molecule has 1 fully saturated rings. The Morgan fingerprint density at radius 3 is 2.50 bits per heavy atom. The number of sulfone groups is 1. The molecule has 0 saturated carbocycles. The number of nitrogens with zero attached hydrogens (tertiary/aromatic N) is 2. The van der Waals surface area contributed by atoms with Crippen LogP contribution in [0.25, 0.3) is 0 Å². The van der Waals surface area contributed by atoms with Gasteiger partial charge in [0.25, 0.3) is 5.91 Å². The molecule has 0 bridgehead atoms. The van der Waals surface area contributed by atoms with E-state index in [2.05, 4.69) is 15.7 Å². The fourth-order valence-electron chi connectivity index (χ4n) is 3.87. The molecule has 0 spiro atoms. The number of hydrazine groups is 1. The molecule has 3 N–H and O–H groups in total. The Labute approximate surface area is 202 Å². The first-order valence-corrected chi connectivity index (χ1v) is 13.2. The Morgan fingerprint density at radius 1 is 1.26 bits per heavy atom. The van der Waals surface area contributed by atoms with E-state index < -0.39 is 45.0 Å². The first kappa shape index (κ1) is 28.0. The molecule has 2 rings (SSSR count). The predicted octanol–water partition coefficient (Wildman–Crippen LogP) is 2.39. The summed E-state index contributed by atoms with van der Waals surface area (Å²) in [5.74, 6) is -0.521. The maximum Gasteiger partial charge on any atom is 0.408 e. The van der Waals surface area contributed by atoms with E-state index in [-0.39, 0.29) is 23.4 Å². The van der Waals surface area contributed by atoms with Crippen LogP contribution < -0.4 is 10.7 Å². The van der Waals surface area contributed by atoms with E-state index >= 15 is 0 Å². The second-order valence-corrected chi connectivity index (χ2v) is 12.2. The maximum atomic E-state index is 13.5. The summed E-state index contributed by atoms with van der Waals surface area (Å²) < 4.78 is 32.2. The average Bonchev–Trinajstić information content (AvgIpc) is 2.84. The van der Waals surface area contributed by atoms with Crippen LogP contribution in [0.2, 0.25) is 0 Å². The fourth-order valence-corrected chi connectivity index (χ4v) is 5.70. The highest BCUT2D eigenvalue weighted by Crippen LogP contribution is 2.28. The Morgan fingerprint density at radius 2 is 1.94 bits per heavy atom. The van der Waals surface area contributed by atoms with E-state index in [1.54, 1.807) is 39.8 Å². The Balaban J connectivity index is 2.35. The molecular formula is C23H38N4O6S. The summed E-state index contributed by atoms with van der Waals surface area (Å²) in [6.07, 6.45) is 1.13. The summed E-state index contributed by atoms with van der Waals surface area (Å²) in [4.78, 5) is 29.6. The van der Waals surface area contributed by atoms with Crippen LogP contribution in [0.5, 0.6) is 0 Å². The minimum absolute atomic E-state index is 0.0610. The quantitative estimate of drug-likeness (QED) is 0.521. The Bertz CT molecular complexity index is 933. The SMILES string of the molecule is CC(C)C[C@H](NC(=O)OC(C)(C)C)C(=O)NN1C(S(=O)(=O)c2ccccn2)[C@@H](O)CCC[C@H]1C. The van der Waals surface area contributed by atoms with Gasteiger partial charge < -0.3 is 15.2 Å². The van der Waals surface area contributed by atoms with Crippen molar-refractivity contribution in [2.24, 2.45) is 5.92 Å². The van der Waals surface area contributed by atoms with Gasteiger partial charge in [0, 0.05) is 12.2 Å². The summed E-state index contributed by atoms with van der Waals surface area (Å²) in [6, 6.07) is 3.18. The van der Waals surface area contributed by atoms with Crippen molar-refractivity contribution in [3.63, 3.8) is 0 Å². The smallest absolute Gasteiger partial charge is 0.408 e. The van der Waals surface area contributed by atoms with Gasteiger partial charge in [-0.05, 0) is 71.4 Å². The molecule has 34 heavy (non-hydrogen) atoms. The molecule has 10 nitrogen and oxygen atoms in total. The molecule has 1 aromatic heterocycles. The number of hydrogen-bond acceptors (Lipinski definition) is 8. The van der Waals surface area contributed by atoms with Gasteiger partial charge >= 0.3 is 6.09 Å². The number of aromatic nitrogens is 1. The topological polar surface area (TPSA) is 138 Å². The van der Waals surface area contributed by atoms with Crippen molar-refractivity contribution in [2.75, 3.05) is 0 Å². The van der Waals surface area contributed by atoms with Crippen LogP contribution in [0.4, 0.5) is 4.79 Å². The third kappa shape index (κ3) is 7.64. The van der Waals surface area contributed by atoms with Crippen LogP contribution in [-0.2, 0) is 19.4 Å². The normalized spacial score (nSPS) is 23.1. The second kappa shape index (κ2) is 11.5. The van der Waals surface area contributed by atoms with Gasteiger partial charge in [-0.15, -0.1) is 0 Å². The molecule has 4 atom stereocenters. The van der Waals surface area contributed by atoms with Gasteiger partial charge in [0.05, 0.1) is 6.10 Å². The third-order valence-electron chi connectivity index (χ3n) is 5.40. The van der Waals surface area contributed by atoms with Gasteiger partial charge in [0.1, 0.15) is 11.6 Å². The zero-order valence-electron chi connectivity index (χ0n) is 20.8. The summed E-state index contributed by atoms with van der Waals surface area (Å²) in [7, 11) is -4.12. The first-order valence-electron chi connectivity index (χ1n) is 11.6. The fraction of sp³-hybridized carbons (Fsp3) is 0.696. The number of rotatable bonds is 7. The van der Waals surface area contributed by atoms with Crippen molar-refractivity contribution in [3.05, 3.63) is 24.4 Å². The van der Waals surface area contributed by atoms with Gasteiger partial charge in [-0.1, -0.05) is 19.9 Å². The highest BCUT2D eigenvalue weighted by atomic mass is 32.2. The molecule has 1 aliphatic heterocycles. The molecule has 1 aromatic rings. The minimum Gasteiger partial charge on any atom is -0.444 e. The predicted molar refractivity (Wildman–Crippen MR) is 127 cm³/mol. The Hall–Kier alpha value is -2.24. The van der Waals surface area contributed by atoms with Gasteiger partial charge in [0.15, 0.2) is 10.4 Å². The van der Waals surface area contributed by atoms with Crippen molar-refractivity contribution in [1.82, 2.24) is 20.7 Å². The van der Waals surface area contributed by atoms with Crippen LogP contribution in [0.1, 0.15) is 67.2 Å². The Kier molecular flexibility index (Phi) is 9.44. The highest BCUT2D eigenvalue weighted by molar-refractivity contribution is 7.92. The van der Waals surface area contributed by atoms with E-state index in [0.717, 1.165) is 0 Å². The zero-order chi connectivity index (χ0) is 25.7. The molecule has 0 radical (unpaired) electrons.